The highest BCUT2D eigenvalue weighted by Crippen LogP contribution is 2.19. The molecular formula is C17H22N2O2. The first-order valence-electron chi connectivity index (χ1n) is 7.08. The number of pyridine rings is 1. The third-order valence-electron chi connectivity index (χ3n) is 3.67. The maximum absolute atomic E-state index is 12.6. The molecule has 0 saturated heterocycles. The van der Waals surface area contributed by atoms with Crippen LogP contribution in [0.2, 0.25) is 0 Å². The Balaban J connectivity index is 2.36. The van der Waals surface area contributed by atoms with Crippen molar-refractivity contribution in [3.05, 3.63) is 41.1 Å². The van der Waals surface area contributed by atoms with Gasteiger partial charge in [-0.15, -0.1) is 0 Å². The summed E-state index contributed by atoms with van der Waals surface area (Å²) in [6.07, 6.45) is 0.00918. The Labute approximate surface area is 125 Å². The number of hydrogen-bond donors (Lipinski definition) is 0. The number of hydrogen-bond acceptors (Lipinski definition) is 3. The summed E-state index contributed by atoms with van der Waals surface area (Å²) in [5, 5.41) is 0.997. The highest BCUT2D eigenvalue weighted by atomic mass is 16.5. The van der Waals surface area contributed by atoms with Crippen LogP contribution in [0.1, 0.15) is 28.5 Å². The summed E-state index contributed by atoms with van der Waals surface area (Å²) in [4.78, 5) is 18.8. The zero-order valence-corrected chi connectivity index (χ0v) is 13.3. The fourth-order valence-electron chi connectivity index (χ4n) is 2.36. The molecule has 1 aromatic heterocycles. The lowest BCUT2D eigenvalue weighted by molar-refractivity contribution is 0.0599. The van der Waals surface area contributed by atoms with E-state index in [0.29, 0.717) is 12.1 Å². The maximum atomic E-state index is 12.6. The molecule has 112 valence electrons. The van der Waals surface area contributed by atoms with Crippen molar-refractivity contribution < 1.29 is 9.53 Å². The van der Waals surface area contributed by atoms with Gasteiger partial charge >= 0.3 is 0 Å². The number of aromatic nitrogens is 1. The number of carbonyl (C=O) groups is 1. The SMILES string of the molecule is CO[C@H](C)CN(C)C(=O)c1cc2cc(C)ccc2nc1C. The van der Waals surface area contributed by atoms with Crippen LogP contribution >= 0.6 is 0 Å². The van der Waals surface area contributed by atoms with E-state index < -0.39 is 0 Å². The minimum absolute atomic E-state index is 0.00918. The summed E-state index contributed by atoms with van der Waals surface area (Å²) in [7, 11) is 3.44. The van der Waals surface area contributed by atoms with Crippen molar-refractivity contribution in [2.75, 3.05) is 20.7 Å². The van der Waals surface area contributed by atoms with Crippen LogP contribution in [0, 0.1) is 13.8 Å². The maximum Gasteiger partial charge on any atom is 0.255 e. The van der Waals surface area contributed by atoms with Gasteiger partial charge < -0.3 is 9.64 Å². The number of carbonyl (C=O) groups excluding carboxylic acids is 1. The first-order chi connectivity index (χ1) is 9.92. The largest absolute Gasteiger partial charge is 0.380 e. The highest BCUT2D eigenvalue weighted by molar-refractivity contribution is 5.98. The number of likely N-dealkylation sites (N-methyl/N-ethyl adjacent to an activating group) is 1. The van der Waals surface area contributed by atoms with E-state index in [0.717, 1.165) is 22.2 Å². The quantitative estimate of drug-likeness (QED) is 0.868. The van der Waals surface area contributed by atoms with Crippen molar-refractivity contribution >= 4 is 16.8 Å². The Morgan fingerprint density at radius 2 is 2.05 bits per heavy atom. The lowest BCUT2D eigenvalue weighted by Crippen LogP contribution is -2.34. The van der Waals surface area contributed by atoms with E-state index in [9.17, 15) is 4.79 Å². The Morgan fingerprint density at radius 1 is 1.33 bits per heavy atom. The fraction of sp³-hybridized carbons (Fsp3) is 0.412. The molecule has 4 nitrogen and oxygen atoms in total. The molecule has 0 unspecified atom stereocenters. The minimum Gasteiger partial charge on any atom is -0.380 e. The number of methoxy groups -OCH3 is 1. The van der Waals surface area contributed by atoms with Crippen LogP contribution in [0.15, 0.2) is 24.3 Å². The molecule has 2 rings (SSSR count). The van der Waals surface area contributed by atoms with Crippen molar-refractivity contribution in [2.24, 2.45) is 0 Å². The second-order valence-corrected chi connectivity index (χ2v) is 5.55. The van der Waals surface area contributed by atoms with Gasteiger partial charge in [-0.2, -0.15) is 0 Å². The number of amides is 1. The van der Waals surface area contributed by atoms with E-state index in [2.05, 4.69) is 11.1 Å². The normalized spacial score (nSPS) is 12.4. The predicted molar refractivity (Wildman–Crippen MR) is 84.6 cm³/mol. The van der Waals surface area contributed by atoms with Gasteiger partial charge in [0.25, 0.3) is 5.91 Å². The zero-order valence-electron chi connectivity index (χ0n) is 13.3. The van der Waals surface area contributed by atoms with Crippen LogP contribution in [0.4, 0.5) is 0 Å². The highest BCUT2D eigenvalue weighted by Gasteiger charge is 2.17. The molecular weight excluding hydrogens is 264 g/mol. The van der Waals surface area contributed by atoms with Crippen LogP contribution in [-0.4, -0.2) is 42.6 Å². The third kappa shape index (κ3) is 3.39. The van der Waals surface area contributed by atoms with E-state index in [4.69, 9.17) is 4.74 Å². The number of aryl methyl sites for hydroxylation is 2. The Hall–Kier alpha value is -1.94. The summed E-state index contributed by atoms with van der Waals surface area (Å²) in [6, 6.07) is 8.00. The third-order valence-corrected chi connectivity index (χ3v) is 3.67. The average Bonchev–Trinajstić information content (AvgIpc) is 2.46. The molecule has 21 heavy (non-hydrogen) atoms. The lowest BCUT2D eigenvalue weighted by atomic mass is 10.1. The zero-order chi connectivity index (χ0) is 15.6. The lowest BCUT2D eigenvalue weighted by Gasteiger charge is -2.21. The number of nitrogens with zero attached hydrogens (tertiary/aromatic N) is 2. The predicted octanol–water partition coefficient (Wildman–Crippen LogP) is 2.96. The first-order valence-corrected chi connectivity index (χ1v) is 7.08. The molecule has 0 aliphatic heterocycles. The van der Waals surface area contributed by atoms with Crippen molar-refractivity contribution in [3.63, 3.8) is 0 Å². The van der Waals surface area contributed by atoms with Crippen LogP contribution in [0.5, 0.6) is 0 Å². The molecule has 0 fully saturated rings. The van der Waals surface area contributed by atoms with E-state index in [1.807, 2.05) is 39.0 Å². The first kappa shape index (κ1) is 15.4. The molecule has 1 amide bonds. The van der Waals surface area contributed by atoms with Gasteiger partial charge in [0.05, 0.1) is 22.9 Å². The van der Waals surface area contributed by atoms with Crippen molar-refractivity contribution in [1.29, 1.82) is 0 Å². The molecule has 1 heterocycles. The van der Waals surface area contributed by atoms with E-state index >= 15 is 0 Å². The topological polar surface area (TPSA) is 42.4 Å². The summed E-state index contributed by atoms with van der Waals surface area (Å²) >= 11 is 0. The standard InChI is InChI=1S/C17H22N2O2/c1-11-6-7-16-14(8-11)9-15(13(3)18-16)17(20)19(4)10-12(2)21-5/h6-9,12H,10H2,1-5H3/t12-/m1/s1. The monoisotopic (exact) mass is 286 g/mol. The Kier molecular flexibility index (Phi) is 4.58. The number of rotatable bonds is 4. The van der Waals surface area contributed by atoms with Gasteiger partial charge in [0.2, 0.25) is 0 Å². The number of fused-ring (bicyclic) bond motifs is 1. The van der Waals surface area contributed by atoms with Crippen LogP contribution in [0.3, 0.4) is 0 Å². The molecule has 0 spiro atoms. The van der Waals surface area contributed by atoms with Crippen LogP contribution in [0.25, 0.3) is 10.9 Å². The molecule has 0 bridgehead atoms. The molecule has 1 aromatic carbocycles. The van der Waals surface area contributed by atoms with E-state index in [1.54, 1.807) is 19.1 Å². The van der Waals surface area contributed by atoms with Gasteiger partial charge in [0, 0.05) is 26.1 Å². The molecule has 4 heteroatoms. The van der Waals surface area contributed by atoms with E-state index in [-0.39, 0.29) is 12.0 Å². The summed E-state index contributed by atoms with van der Waals surface area (Å²) in [5.74, 6) is -0.0210. The summed E-state index contributed by atoms with van der Waals surface area (Å²) in [6.45, 7) is 6.41. The second-order valence-electron chi connectivity index (χ2n) is 5.55. The minimum atomic E-state index is -0.0210. The molecule has 0 saturated carbocycles. The molecule has 0 radical (unpaired) electrons. The summed E-state index contributed by atoms with van der Waals surface area (Å²) < 4.78 is 5.21. The van der Waals surface area contributed by atoms with Gasteiger partial charge in [-0.25, -0.2) is 0 Å². The Morgan fingerprint density at radius 3 is 2.71 bits per heavy atom. The molecule has 0 aliphatic rings. The van der Waals surface area contributed by atoms with Gasteiger partial charge in [-0.3, -0.25) is 9.78 Å². The van der Waals surface area contributed by atoms with Crippen LogP contribution < -0.4 is 0 Å². The fourth-order valence-corrected chi connectivity index (χ4v) is 2.36. The van der Waals surface area contributed by atoms with Crippen molar-refractivity contribution in [2.45, 2.75) is 26.9 Å². The van der Waals surface area contributed by atoms with E-state index in [1.165, 1.54) is 0 Å². The molecule has 0 N–H and O–H groups in total. The van der Waals surface area contributed by atoms with Gasteiger partial charge in [-0.05, 0) is 39.0 Å². The molecule has 1 atom stereocenters. The van der Waals surface area contributed by atoms with Crippen molar-refractivity contribution in [1.82, 2.24) is 9.88 Å². The number of benzene rings is 1. The van der Waals surface area contributed by atoms with Gasteiger partial charge in [0.15, 0.2) is 0 Å². The molecule has 2 aromatic rings. The number of ether oxygens (including phenoxy) is 1. The average molecular weight is 286 g/mol. The molecule has 0 aliphatic carbocycles. The Bertz CT molecular complexity index is 667. The summed E-state index contributed by atoms with van der Waals surface area (Å²) in [5.41, 5.74) is 3.49. The van der Waals surface area contributed by atoms with Crippen molar-refractivity contribution in [3.8, 4) is 0 Å². The smallest absolute Gasteiger partial charge is 0.255 e. The van der Waals surface area contributed by atoms with Gasteiger partial charge in [0.1, 0.15) is 0 Å². The van der Waals surface area contributed by atoms with Crippen LogP contribution in [-0.2, 0) is 4.74 Å². The van der Waals surface area contributed by atoms with Gasteiger partial charge in [-0.1, -0.05) is 11.6 Å². The second kappa shape index (κ2) is 6.22.